The fourth-order valence-electron chi connectivity index (χ4n) is 4.34. The normalized spacial score (nSPS) is 12.9. The maximum atomic E-state index is 14.0. The molecule has 1 atom stereocenters. The first-order valence-corrected chi connectivity index (χ1v) is 12.8. The number of anilines is 1. The highest BCUT2D eigenvalue weighted by Crippen LogP contribution is 2.33. The highest BCUT2D eigenvalue weighted by molar-refractivity contribution is 6.30. The smallest absolute Gasteiger partial charge is 0.298 e. The molecule has 0 spiro atoms. The molecule has 4 rings (SSSR count). The second kappa shape index (κ2) is 10.9. The maximum absolute atomic E-state index is 14.0. The number of carbonyl (C=O) groups excluding carboxylic acids is 1. The van der Waals surface area contributed by atoms with E-state index < -0.39 is 23.4 Å². The van der Waals surface area contributed by atoms with E-state index in [1.165, 1.54) is 36.4 Å². The molecule has 0 bridgehead atoms. The summed E-state index contributed by atoms with van der Waals surface area (Å²) in [7, 11) is 0. The second-order valence-electron chi connectivity index (χ2n) is 9.79. The van der Waals surface area contributed by atoms with Gasteiger partial charge >= 0.3 is 0 Å². The zero-order valence-electron chi connectivity index (χ0n) is 21.9. The molecular weight excluding hydrogens is 531 g/mol. The Morgan fingerprint density at radius 3 is 2.44 bits per heavy atom. The molecule has 0 aliphatic rings. The number of aliphatic hydroxyl groups excluding tert-OH is 1. The van der Waals surface area contributed by atoms with E-state index in [2.05, 4.69) is 5.32 Å². The van der Waals surface area contributed by atoms with Crippen LogP contribution in [0.2, 0.25) is 5.02 Å². The molecule has 0 saturated carbocycles. The molecule has 10 heteroatoms. The fraction of sp³-hybridized carbons (Fsp3) is 0.310. The molecule has 206 valence electrons. The molecule has 39 heavy (non-hydrogen) atoms. The first-order valence-electron chi connectivity index (χ1n) is 12.4. The molecule has 1 aromatic heterocycles. The van der Waals surface area contributed by atoms with Crippen LogP contribution in [0.25, 0.3) is 11.0 Å². The van der Waals surface area contributed by atoms with Crippen LogP contribution < -0.4 is 10.1 Å². The van der Waals surface area contributed by atoms with Gasteiger partial charge in [0.1, 0.15) is 17.7 Å². The number of hydrogen-bond acceptors (Lipinski definition) is 4. The first kappa shape index (κ1) is 28.4. The van der Waals surface area contributed by atoms with Gasteiger partial charge in [0.2, 0.25) is 5.91 Å². The van der Waals surface area contributed by atoms with Gasteiger partial charge in [-0.1, -0.05) is 35.9 Å². The minimum atomic E-state index is -3.37. The number of fused-ring (bicyclic) bond motifs is 1. The van der Waals surface area contributed by atoms with Crippen molar-refractivity contribution < 1.29 is 27.8 Å². The molecule has 3 aromatic carbocycles. The number of aryl methyl sites for hydroxylation is 1. The van der Waals surface area contributed by atoms with Crippen molar-refractivity contribution in [2.45, 2.75) is 58.3 Å². The van der Waals surface area contributed by atoms with Gasteiger partial charge in [0.25, 0.3) is 5.92 Å². The van der Waals surface area contributed by atoms with E-state index in [9.17, 15) is 23.1 Å². The summed E-state index contributed by atoms with van der Waals surface area (Å²) in [6.07, 6.45) is -1.85. The Kier molecular flexibility index (Phi) is 7.95. The molecule has 0 saturated heterocycles. The van der Waals surface area contributed by atoms with E-state index in [0.29, 0.717) is 34.9 Å². The Bertz CT molecular complexity index is 1500. The lowest BCUT2D eigenvalue weighted by Gasteiger charge is -2.26. The SMILES string of the molecule is CCn1c(C(C)(C)Oc2ccc(Cl)c(F)c2)nc2cc(NC(=O)Cc3ccc(C(F)(F)C(C)O)cc3)ccc21. The Morgan fingerprint density at radius 1 is 1.13 bits per heavy atom. The van der Waals surface area contributed by atoms with Crippen LogP contribution in [0.1, 0.15) is 44.6 Å². The molecular formula is C29H29ClF3N3O3. The molecule has 6 nitrogen and oxygen atoms in total. The zero-order valence-corrected chi connectivity index (χ0v) is 22.7. The molecule has 0 aliphatic carbocycles. The standard InChI is InChI=1S/C29H29ClF3N3O3/c1-5-36-25-13-10-20(34-26(38)14-18-6-8-19(9-7-18)29(32,33)17(2)37)15-24(25)35-27(36)28(3,4)39-21-11-12-22(30)23(31)16-21/h6-13,15-17,37H,5,14H2,1-4H3,(H,34,38). The number of benzene rings is 3. The average molecular weight is 560 g/mol. The topological polar surface area (TPSA) is 76.4 Å². The molecule has 2 N–H and O–H groups in total. The number of amides is 1. The van der Waals surface area contributed by atoms with Crippen LogP contribution in [0, 0.1) is 5.82 Å². The summed E-state index contributed by atoms with van der Waals surface area (Å²) in [5.74, 6) is -3.35. The second-order valence-corrected chi connectivity index (χ2v) is 10.2. The molecule has 4 aromatic rings. The number of alkyl halides is 2. The minimum absolute atomic E-state index is 0.00502. The number of halogens is 4. The molecule has 1 amide bonds. The van der Waals surface area contributed by atoms with Gasteiger partial charge in [-0.3, -0.25) is 4.79 Å². The predicted octanol–water partition coefficient (Wildman–Crippen LogP) is 6.82. The van der Waals surface area contributed by atoms with Crippen LogP contribution in [0.4, 0.5) is 18.9 Å². The average Bonchev–Trinajstić information content (AvgIpc) is 3.25. The van der Waals surface area contributed by atoms with E-state index in [-0.39, 0.29) is 22.9 Å². The number of nitrogens with one attached hydrogen (secondary N) is 1. The molecule has 0 fully saturated rings. The van der Waals surface area contributed by atoms with Crippen LogP contribution in [0.3, 0.4) is 0 Å². The van der Waals surface area contributed by atoms with Gasteiger partial charge < -0.3 is 19.7 Å². The van der Waals surface area contributed by atoms with Crippen molar-refractivity contribution in [2.24, 2.45) is 0 Å². The lowest BCUT2D eigenvalue weighted by atomic mass is 10.0. The quantitative estimate of drug-likeness (QED) is 0.236. The predicted molar refractivity (Wildman–Crippen MR) is 145 cm³/mol. The van der Waals surface area contributed by atoms with E-state index in [1.807, 2.05) is 31.4 Å². The monoisotopic (exact) mass is 559 g/mol. The zero-order chi connectivity index (χ0) is 28.5. The van der Waals surface area contributed by atoms with E-state index in [0.717, 1.165) is 12.4 Å². The number of ether oxygens (including phenoxy) is 1. The lowest BCUT2D eigenvalue weighted by molar-refractivity contribution is -0.115. The van der Waals surface area contributed by atoms with Crippen molar-refractivity contribution in [3.8, 4) is 5.75 Å². The summed E-state index contributed by atoms with van der Waals surface area (Å²) in [4.78, 5) is 17.4. The summed E-state index contributed by atoms with van der Waals surface area (Å²) in [6.45, 7) is 7.26. The van der Waals surface area contributed by atoms with Gasteiger partial charge in [0.05, 0.1) is 22.5 Å². The Labute approximate surface area is 229 Å². The summed E-state index contributed by atoms with van der Waals surface area (Å²) >= 11 is 5.79. The summed E-state index contributed by atoms with van der Waals surface area (Å²) in [5, 5.41) is 12.1. The number of carbonyl (C=O) groups is 1. The Morgan fingerprint density at radius 2 is 1.82 bits per heavy atom. The summed E-state index contributed by atoms with van der Waals surface area (Å²) in [6, 6.07) is 14.9. The van der Waals surface area contributed by atoms with Crippen LogP contribution in [0.5, 0.6) is 5.75 Å². The Balaban J connectivity index is 1.52. The van der Waals surface area contributed by atoms with E-state index >= 15 is 0 Å². The van der Waals surface area contributed by atoms with E-state index in [4.69, 9.17) is 21.3 Å². The van der Waals surface area contributed by atoms with Crippen molar-refractivity contribution in [1.29, 1.82) is 0 Å². The highest BCUT2D eigenvalue weighted by Gasteiger charge is 2.37. The third kappa shape index (κ3) is 6.04. The lowest BCUT2D eigenvalue weighted by Crippen LogP contribution is -2.29. The summed E-state index contributed by atoms with van der Waals surface area (Å²) < 4.78 is 50.0. The van der Waals surface area contributed by atoms with Crippen molar-refractivity contribution in [3.05, 3.63) is 88.5 Å². The van der Waals surface area contributed by atoms with Gasteiger partial charge in [-0.05, 0) is 63.6 Å². The van der Waals surface area contributed by atoms with Crippen LogP contribution >= 0.6 is 11.6 Å². The van der Waals surface area contributed by atoms with Crippen molar-refractivity contribution in [1.82, 2.24) is 9.55 Å². The first-order chi connectivity index (χ1) is 18.3. The molecule has 0 radical (unpaired) electrons. The Hall–Kier alpha value is -3.56. The van der Waals surface area contributed by atoms with Gasteiger partial charge in [0.15, 0.2) is 11.4 Å². The van der Waals surface area contributed by atoms with Crippen LogP contribution in [-0.4, -0.2) is 26.7 Å². The van der Waals surface area contributed by atoms with Crippen LogP contribution in [-0.2, 0) is 29.3 Å². The number of aromatic nitrogens is 2. The van der Waals surface area contributed by atoms with Crippen molar-refractivity contribution in [2.75, 3.05) is 5.32 Å². The van der Waals surface area contributed by atoms with E-state index in [1.54, 1.807) is 18.2 Å². The van der Waals surface area contributed by atoms with Crippen molar-refractivity contribution >= 4 is 34.2 Å². The molecule has 0 aliphatic heterocycles. The fourth-order valence-corrected chi connectivity index (χ4v) is 4.46. The number of rotatable bonds is 9. The maximum Gasteiger partial charge on any atom is 0.298 e. The number of imidazole rings is 1. The van der Waals surface area contributed by atoms with Gasteiger partial charge in [-0.2, -0.15) is 8.78 Å². The number of hydrogen-bond donors (Lipinski definition) is 2. The minimum Gasteiger partial charge on any atom is -0.480 e. The summed E-state index contributed by atoms with van der Waals surface area (Å²) in [5.41, 5.74) is 1.30. The third-order valence-corrected chi connectivity index (χ3v) is 6.69. The third-order valence-electron chi connectivity index (χ3n) is 6.38. The van der Waals surface area contributed by atoms with Gasteiger partial charge in [0, 0.05) is 23.9 Å². The number of nitrogens with zero attached hydrogens (tertiary/aromatic N) is 2. The highest BCUT2D eigenvalue weighted by atomic mass is 35.5. The van der Waals surface area contributed by atoms with Crippen molar-refractivity contribution in [3.63, 3.8) is 0 Å². The molecule has 1 unspecified atom stereocenters. The number of aliphatic hydroxyl groups is 1. The molecule has 1 heterocycles. The van der Waals surface area contributed by atoms with Gasteiger partial charge in [-0.25, -0.2) is 9.37 Å². The largest absolute Gasteiger partial charge is 0.480 e. The van der Waals surface area contributed by atoms with Gasteiger partial charge in [-0.15, -0.1) is 0 Å². The van der Waals surface area contributed by atoms with Crippen LogP contribution in [0.15, 0.2) is 60.7 Å².